The second kappa shape index (κ2) is 5.89. The van der Waals surface area contributed by atoms with E-state index in [-0.39, 0.29) is 6.04 Å². The van der Waals surface area contributed by atoms with Crippen LogP contribution in [-0.4, -0.2) is 0 Å². The Balaban J connectivity index is 2.05. The molecule has 20 heavy (non-hydrogen) atoms. The van der Waals surface area contributed by atoms with Gasteiger partial charge in [0.15, 0.2) is 0 Å². The first-order valence-corrected chi connectivity index (χ1v) is 8.12. The minimum Gasteiger partial charge on any atom is -0.324 e. The average molecular weight is 273 g/mol. The van der Waals surface area contributed by atoms with Crippen molar-refractivity contribution in [3.05, 3.63) is 34.9 Å². The predicted octanol–water partition coefficient (Wildman–Crippen LogP) is 5.16. The van der Waals surface area contributed by atoms with Crippen molar-refractivity contribution in [2.45, 2.75) is 66.3 Å². The molecule has 1 saturated carbocycles. The van der Waals surface area contributed by atoms with Crippen molar-refractivity contribution in [1.29, 1.82) is 0 Å². The van der Waals surface area contributed by atoms with Gasteiger partial charge in [0.25, 0.3) is 0 Å². The van der Waals surface area contributed by atoms with Crippen molar-refractivity contribution < 1.29 is 0 Å². The summed E-state index contributed by atoms with van der Waals surface area (Å²) in [7, 11) is 0. The van der Waals surface area contributed by atoms with Gasteiger partial charge >= 0.3 is 0 Å². The molecule has 0 radical (unpaired) electrons. The quantitative estimate of drug-likeness (QED) is 0.791. The minimum absolute atomic E-state index is 0.218. The van der Waals surface area contributed by atoms with Gasteiger partial charge in [0, 0.05) is 6.04 Å². The molecule has 1 heteroatoms. The topological polar surface area (TPSA) is 26.0 Å². The van der Waals surface area contributed by atoms with E-state index in [0.717, 1.165) is 5.92 Å². The van der Waals surface area contributed by atoms with Gasteiger partial charge in [-0.2, -0.15) is 0 Å². The highest BCUT2D eigenvalue weighted by atomic mass is 14.7. The summed E-state index contributed by atoms with van der Waals surface area (Å²) in [5.74, 6) is 1.53. The maximum atomic E-state index is 6.59. The molecule has 1 unspecified atom stereocenters. The molecule has 0 aliphatic heterocycles. The lowest BCUT2D eigenvalue weighted by atomic mass is 9.68. The molecular weight excluding hydrogens is 242 g/mol. The van der Waals surface area contributed by atoms with Crippen LogP contribution in [0.2, 0.25) is 0 Å². The molecule has 0 bridgehead atoms. The van der Waals surface area contributed by atoms with Gasteiger partial charge in [0.2, 0.25) is 0 Å². The van der Waals surface area contributed by atoms with E-state index in [0.29, 0.717) is 11.3 Å². The molecule has 1 aromatic rings. The van der Waals surface area contributed by atoms with Gasteiger partial charge in [-0.05, 0) is 73.5 Å². The van der Waals surface area contributed by atoms with Crippen molar-refractivity contribution in [3.8, 4) is 0 Å². The van der Waals surface area contributed by atoms with Crippen LogP contribution >= 0.6 is 0 Å². The summed E-state index contributed by atoms with van der Waals surface area (Å²) in [6, 6.07) is 6.78. The van der Waals surface area contributed by atoms with Crippen LogP contribution in [0.5, 0.6) is 0 Å². The lowest BCUT2D eigenvalue weighted by Gasteiger charge is -2.39. The highest BCUT2D eigenvalue weighted by Gasteiger charge is 2.32. The predicted molar refractivity (Wildman–Crippen MR) is 87.7 cm³/mol. The van der Waals surface area contributed by atoms with E-state index in [2.05, 4.69) is 52.8 Å². The third kappa shape index (κ3) is 3.25. The number of hydrogen-bond donors (Lipinski definition) is 1. The second-order valence-corrected chi connectivity index (χ2v) is 7.79. The molecule has 1 aliphatic rings. The summed E-state index contributed by atoms with van der Waals surface area (Å²) in [4.78, 5) is 0. The van der Waals surface area contributed by atoms with Gasteiger partial charge in [-0.15, -0.1) is 0 Å². The van der Waals surface area contributed by atoms with Crippen LogP contribution in [0.3, 0.4) is 0 Å². The molecule has 0 amide bonds. The smallest absolute Gasteiger partial charge is 0.0326 e. The van der Waals surface area contributed by atoms with Gasteiger partial charge in [0.05, 0.1) is 0 Å². The van der Waals surface area contributed by atoms with E-state index in [1.54, 1.807) is 0 Å². The number of aryl methyl sites for hydroxylation is 1. The summed E-state index contributed by atoms with van der Waals surface area (Å²) in [5.41, 5.74) is 11.2. The Morgan fingerprint density at radius 2 is 1.65 bits per heavy atom. The molecule has 112 valence electrons. The van der Waals surface area contributed by atoms with Gasteiger partial charge in [-0.25, -0.2) is 0 Å². The maximum Gasteiger partial charge on any atom is 0.0326 e. The third-order valence-corrected chi connectivity index (χ3v) is 5.51. The van der Waals surface area contributed by atoms with Crippen molar-refractivity contribution >= 4 is 0 Å². The highest BCUT2D eigenvalue weighted by molar-refractivity contribution is 5.35. The monoisotopic (exact) mass is 273 g/mol. The van der Waals surface area contributed by atoms with Crippen LogP contribution in [0.15, 0.2) is 18.2 Å². The fraction of sp³-hybridized carbons (Fsp3) is 0.684. The first-order valence-electron chi connectivity index (χ1n) is 8.12. The average Bonchev–Trinajstić information content (AvgIpc) is 2.40. The van der Waals surface area contributed by atoms with Gasteiger partial charge in [-0.1, -0.05) is 39.0 Å². The Hall–Kier alpha value is -0.820. The Kier molecular flexibility index (Phi) is 4.59. The molecule has 2 N–H and O–H groups in total. The van der Waals surface area contributed by atoms with Gasteiger partial charge in [0.1, 0.15) is 0 Å². The minimum atomic E-state index is 0.218. The van der Waals surface area contributed by atoms with Crippen molar-refractivity contribution in [2.75, 3.05) is 0 Å². The molecule has 1 nitrogen and oxygen atoms in total. The number of rotatable bonds is 2. The van der Waals surface area contributed by atoms with Gasteiger partial charge in [-0.3, -0.25) is 0 Å². The largest absolute Gasteiger partial charge is 0.324 e. The standard InChI is InChI=1S/C19H31N/c1-13-7-6-8-17(14(13)2)18(20)15-9-11-16(12-10-15)19(3,4)5/h6-8,15-16,18H,9-12,20H2,1-5H3. The molecule has 1 aliphatic carbocycles. The lowest BCUT2D eigenvalue weighted by Crippen LogP contribution is -2.31. The number of benzene rings is 1. The highest BCUT2D eigenvalue weighted by Crippen LogP contribution is 2.43. The van der Waals surface area contributed by atoms with E-state index in [9.17, 15) is 0 Å². The van der Waals surface area contributed by atoms with Crippen LogP contribution in [0, 0.1) is 31.1 Å². The van der Waals surface area contributed by atoms with Crippen LogP contribution in [-0.2, 0) is 0 Å². The fourth-order valence-corrected chi connectivity index (χ4v) is 3.73. The Labute approximate surface area is 125 Å². The zero-order valence-corrected chi connectivity index (χ0v) is 13.9. The Morgan fingerprint density at radius 1 is 1.05 bits per heavy atom. The number of hydrogen-bond acceptors (Lipinski definition) is 1. The fourth-order valence-electron chi connectivity index (χ4n) is 3.73. The maximum absolute atomic E-state index is 6.59. The normalized spacial score (nSPS) is 25.5. The van der Waals surface area contributed by atoms with Crippen molar-refractivity contribution in [3.63, 3.8) is 0 Å². The molecule has 0 saturated heterocycles. The van der Waals surface area contributed by atoms with Crippen molar-refractivity contribution in [1.82, 2.24) is 0 Å². The molecule has 0 heterocycles. The molecule has 0 spiro atoms. The first-order chi connectivity index (χ1) is 9.30. The third-order valence-electron chi connectivity index (χ3n) is 5.51. The number of nitrogens with two attached hydrogens (primary N) is 1. The molecule has 1 atom stereocenters. The van der Waals surface area contributed by atoms with Crippen LogP contribution in [0.25, 0.3) is 0 Å². The molecule has 1 fully saturated rings. The summed E-state index contributed by atoms with van der Waals surface area (Å²) in [6.45, 7) is 11.5. The second-order valence-electron chi connectivity index (χ2n) is 7.79. The van der Waals surface area contributed by atoms with Crippen LogP contribution < -0.4 is 5.73 Å². The van der Waals surface area contributed by atoms with E-state index < -0.39 is 0 Å². The summed E-state index contributed by atoms with van der Waals surface area (Å²) >= 11 is 0. The molecule has 0 aromatic heterocycles. The SMILES string of the molecule is Cc1cccc(C(N)C2CCC(C(C)(C)C)CC2)c1C. The van der Waals surface area contributed by atoms with E-state index >= 15 is 0 Å². The van der Waals surface area contributed by atoms with Gasteiger partial charge < -0.3 is 5.73 Å². The van der Waals surface area contributed by atoms with E-state index in [1.165, 1.54) is 42.4 Å². The van der Waals surface area contributed by atoms with E-state index in [1.807, 2.05) is 0 Å². The first kappa shape index (κ1) is 15.6. The molecule has 2 rings (SSSR count). The summed E-state index contributed by atoms with van der Waals surface area (Å²) in [5, 5.41) is 0. The summed E-state index contributed by atoms with van der Waals surface area (Å²) < 4.78 is 0. The Morgan fingerprint density at radius 3 is 2.20 bits per heavy atom. The van der Waals surface area contributed by atoms with Crippen molar-refractivity contribution in [2.24, 2.45) is 23.0 Å². The van der Waals surface area contributed by atoms with E-state index in [4.69, 9.17) is 5.73 Å². The van der Waals surface area contributed by atoms with Crippen LogP contribution in [0.1, 0.15) is 69.2 Å². The molecule has 1 aromatic carbocycles. The zero-order chi connectivity index (χ0) is 14.9. The lowest BCUT2D eigenvalue weighted by molar-refractivity contribution is 0.139. The van der Waals surface area contributed by atoms with Crippen LogP contribution in [0.4, 0.5) is 0 Å². The Bertz CT molecular complexity index is 447. The zero-order valence-electron chi connectivity index (χ0n) is 13.9. The molecular formula is C19H31N. The summed E-state index contributed by atoms with van der Waals surface area (Å²) in [6.07, 6.45) is 5.26.